The molecule has 1 heterocycles. The van der Waals surface area contributed by atoms with Gasteiger partial charge < -0.3 is 0 Å². The molecule has 19 heavy (non-hydrogen) atoms. The first-order valence-electron chi connectivity index (χ1n) is 6.51. The van der Waals surface area contributed by atoms with E-state index in [2.05, 4.69) is 42.1 Å². The molecule has 0 atom stereocenters. The van der Waals surface area contributed by atoms with E-state index in [4.69, 9.17) is 18.6 Å². The summed E-state index contributed by atoms with van der Waals surface area (Å²) < 4.78 is 35.0. The lowest BCUT2D eigenvalue weighted by Gasteiger charge is -2.03. The molecular weight excluding hydrogens is 270 g/mol. The number of hydrogen-bond acceptors (Lipinski definition) is 4. The van der Waals surface area contributed by atoms with Crippen molar-refractivity contribution in [3.05, 3.63) is 30.6 Å². The van der Waals surface area contributed by atoms with Crippen molar-refractivity contribution in [1.82, 2.24) is 0 Å². The van der Waals surface area contributed by atoms with Crippen molar-refractivity contribution in [3.63, 3.8) is 0 Å². The van der Waals surface area contributed by atoms with Gasteiger partial charge in [-0.1, -0.05) is 38.7 Å². The van der Waals surface area contributed by atoms with E-state index in [0.29, 0.717) is 0 Å². The van der Waals surface area contributed by atoms with Gasteiger partial charge in [-0.15, -0.1) is 0 Å². The van der Waals surface area contributed by atoms with Crippen molar-refractivity contribution in [3.8, 4) is 0 Å². The lowest BCUT2D eigenvalue weighted by molar-refractivity contribution is -1.92. The van der Waals surface area contributed by atoms with Crippen LogP contribution < -0.4 is 18.5 Å². The van der Waals surface area contributed by atoms with Crippen LogP contribution in [0.5, 0.6) is 0 Å². The molecule has 0 unspecified atom stereocenters. The third kappa shape index (κ3) is 17.3. The molecule has 6 heteroatoms. The molecule has 0 radical (unpaired) electrons. The van der Waals surface area contributed by atoms with Crippen molar-refractivity contribution < 1.29 is 33.4 Å². The van der Waals surface area contributed by atoms with Crippen molar-refractivity contribution in [1.29, 1.82) is 0 Å². The number of nitrogens with zero attached hydrogens (tertiary/aromatic N) is 1. The molecule has 1 rings (SSSR count). The Kier molecular flexibility index (Phi) is 10.7. The Labute approximate surface area is 116 Å². The van der Waals surface area contributed by atoms with Crippen molar-refractivity contribution in [2.75, 3.05) is 0 Å². The molecule has 0 saturated heterocycles. The summed E-state index contributed by atoms with van der Waals surface area (Å²) in [5.41, 5.74) is 0. The van der Waals surface area contributed by atoms with E-state index >= 15 is 0 Å². The predicted octanol–water partition coefficient (Wildman–Crippen LogP) is -0.789. The number of halogens is 1. The number of aryl methyl sites for hydroxylation is 1. The highest BCUT2D eigenvalue weighted by Gasteiger charge is 1.99. The normalized spacial score (nSPS) is 10.8. The van der Waals surface area contributed by atoms with E-state index in [1.54, 1.807) is 0 Å². The quantitative estimate of drug-likeness (QED) is 0.526. The highest BCUT2D eigenvalue weighted by Crippen LogP contribution is 2.04. The Hall–Kier alpha value is -0.720. The predicted molar refractivity (Wildman–Crippen MR) is 62.2 cm³/mol. The minimum atomic E-state index is -4.69. The van der Waals surface area contributed by atoms with Crippen LogP contribution >= 0.6 is 0 Å². The Balaban J connectivity index is 0.000000555. The lowest BCUT2D eigenvalue weighted by Crippen LogP contribution is -2.58. The standard InChI is InChI=1S/C13H22N.ClHO4/c1-2-3-4-5-6-8-11-14-12-9-7-10-13-14;2-1(3,4)5/h7,9-10,12-13H,2-6,8,11H2,1H3;(H,2,3,4,5)/q+1;. The fraction of sp³-hybridized carbons (Fsp3) is 0.615. The second-order valence-corrected chi connectivity index (χ2v) is 5.07. The fourth-order valence-electron chi connectivity index (χ4n) is 1.66. The zero-order valence-corrected chi connectivity index (χ0v) is 12.1. The maximum atomic E-state index is 8.60. The zero-order chi connectivity index (χ0) is 14.6. The first-order valence-corrected chi connectivity index (χ1v) is 7.77. The highest BCUT2D eigenvalue weighted by molar-refractivity contribution is 4.83. The average molecular weight is 293 g/mol. The van der Waals surface area contributed by atoms with Gasteiger partial charge in [-0.2, -0.15) is 14.0 Å². The zero-order valence-electron chi connectivity index (χ0n) is 11.3. The van der Waals surface area contributed by atoms with Crippen LogP contribution in [0.1, 0.15) is 45.4 Å². The van der Waals surface area contributed by atoms with Crippen LogP contribution in [0.3, 0.4) is 0 Å². The molecule has 0 saturated carbocycles. The summed E-state index contributed by atoms with van der Waals surface area (Å²) in [6, 6.07) is 6.26. The molecule has 0 aliphatic rings. The van der Waals surface area contributed by atoms with Gasteiger partial charge in [-0.3, -0.25) is 0 Å². The highest BCUT2D eigenvalue weighted by atomic mass is 35.7. The maximum absolute atomic E-state index is 8.60. The number of rotatable bonds is 7. The average Bonchev–Trinajstić information content (AvgIpc) is 2.33. The molecule has 0 aromatic carbocycles. The Bertz CT molecular complexity index is 297. The first-order chi connectivity index (χ1) is 8.93. The Morgan fingerprint density at radius 2 is 1.37 bits per heavy atom. The minimum Gasteiger partial charge on any atom is -0.205 e. The summed E-state index contributed by atoms with van der Waals surface area (Å²) in [7, 11) is -4.69. The fourth-order valence-corrected chi connectivity index (χ4v) is 1.66. The van der Waals surface area contributed by atoms with Gasteiger partial charge in [0.25, 0.3) is 0 Å². The number of aromatic nitrogens is 1. The van der Waals surface area contributed by atoms with Gasteiger partial charge >= 0.3 is 0 Å². The molecule has 0 aliphatic carbocycles. The van der Waals surface area contributed by atoms with Crippen LogP contribution in [0.4, 0.5) is 0 Å². The molecule has 0 fully saturated rings. The molecule has 1 aromatic heterocycles. The monoisotopic (exact) mass is 292 g/mol. The summed E-state index contributed by atoms with van der Waals surface area (Å²) in [6.07, 6.45) is 12.5. The van der Waals surface area contributed by atoms with Crippen LogP contribution in [-0.2, 0) is 6.54 Å². The molecular formula is C13H23ClNO4+. The van der Waals surface area contributed by atoms with Gasteiger partial charge in [0, 0.05) is 18.6 Å². The number of unbranched alkanes of at least 4 members (excludes halogenated alkanes) is 5. The van der Waals surface area contributed by atoms with Gasteiger partial charge in [0.2, 0.25) is 0 Å². The summed E-state index contributed by atoms with van der Waals surface area (Å²) in [4.78, 5) is 0. The van der Waals surface area contributed by atoms with Crippen LogP contribution in [0, 0.1) is 10.2 Å². The van der Waals surface area contributed by atoms with Gasteiger partial charge in [0.05, 0.1) is 14.9 Å². The Morgan fingerprint density at radius 3 is 1.89 bits per heavy atom. The van der Waals surface area contributed by atoms with Crippen LogP contribution in [0.25, 0.3) is 0 Å². The summed E-state index contributed by atoms with van der Waals surface area (Å²) >= 11 is 0. The largest absolute Gasteiger partial charge is 0.205 e. The van der Waals surface area contributed by atoms with E-state index in [1.165, 1.54) is 45.1 Å². The van der Waals surface area contributed by atoms with E-state index in [0.717, 1.165) is 0 Å². The van der Waals surface area contributed by atoms with Crippen LogP contribution in [0.2, 0.25) is 0 Å². The Morgan fingerprint density at radius 1 is 0.895 bits per heavy atom. The second-order valence-electron chi connectivity index (χ2n) is 4.28. The third-order valence-electron chi connectivity index (χ3n) is 2.55. The van der Waals surface area contributed by atoms with Crippen molar-refractivity contribution >= 4 is 0 Å². The minimum absolute atomic E-state index is 1.17. The van der Waals surface area contributed by atoms with Gasteiger partial charge in [0.15, 0.2) is 12.4 Å². The molecule has 0 aliphatic heterocycles. The van der Waals surface area contributed by atoms with Crippen molar-refractivity contribution in [2.45, 2.75) is 52.0 Å². The third-order valence-corrected chi connectivity index (χ3v) is 2.55. The molecule has 1 N–H and O–H groups in total. The first kappa shape index (κ1) is 18.3. The molecule has 5 nitrogen and oxygen atoms in total. The van der Waals surface area contributed by atoms with E-state index in [-0.39, 0.29) is 0 Å². The van der Waals surface area contributed by atoms with E-state index in [1.807, 2.05) is 0 Å². The summed E-state index contributed by atoms with van der Waals surface area (Å²) in [5.74, 6) is 0. The molecule has 0 bridgehead atoms. The maximum Gasteiger partial charge on any atom is 0.168 e. The second kappa shape index (κ2) is 11.1. The van der Waals surface area contributed by atoms with E-state index < -0.39 is 10.2 Å². The number of pyridine rings is 1. The van der Waals surface area contributed by atoms with Crippen LogP contribution in [0.15, 0.2) is 30.6 Å². The molecule has 1 aromatic rings. The molecule has 110 valence electrons. The summed E-state index contributed by atoms with van der Waals surface area (Å²) in [5, 5.41) is 0. The molecule has 0 spiro atoms. The van der Waals surface area contributed by atoms with Gasteiger partial charge in [0.1, 0.15) is 6.54 Å². The smallest absolute Gasteiger partial charge is 0.168 e. The van der Waals surface area contributed by atoms with Crippen LogP contribution in [-0.4, -0.2) is 4.66 Å². The number of hydrogen-bond donors (Lipinski definition) is 1. The van der Waals surface area contributed by atoms with Gasteiger partial charge in [-0.05, 0) is 6.42 Å². The molecule has 0 amide bonds. The van der Waals surface area contributed by atoms with Gasteiger partial charge in [-0.25, -0.2) is 4.57 Å². The lowest BCUT2D eigenvalue weighted by atomic mass is 10.1. The van der Waals surface area contributed by atoms with Crippen molar-refractivity contribution in [2.24, 2.45) is 0 Å². The van der Waals surface area contributed by atoms with E-state index in [9.17, 15) is 0 Å². The SMILES string of the molecule is CCCCCCCC[n+]1ccccc1.[O-][Cl+3]([O-])([O-])O. The topological polar surface area (TPSA) is 93.3 Å². The summed E-state index contributed by atoms with van der Waals surface area (Å²) in [6.45, 7) is 3.44.